The summed E-state index contributed by atoms with van der Waals surface area (Å²) in [5.74, 6) is -0.463. The van der Waals surface area contributed by atoms with E-state index in [1.54, 1.807) is 42.3 Å². The molecule has 0 bridgehead atoms. The Balaban J connectivity index is 1.95. The summed E-state index contributed by atoms with van der Waals surface area (Å²) >= 11 is 0. The predicted molar refractivity (Wildman–Crippen MR) is 104 cm³/mol. The van der Waals surface area contributed by atoms with E-state index in [0.717, 1.165) is 16.8 Å². The van der Waals surface area contributed by atoms with Gasteiger partial charge in [-0.2, -0.15) is 0 Å². The fourth-order valence-corrected chi connectivity index (χ4v) is 2.39. The average molecular weight is 352 g/mol. The second-order valence-corrected chi connectivity index (χ2v) is 6.20. The van der Waals surface area contributed by atoms with Crippen LogP contribution >= 0.6 is 0 Å². The molecule has 5 nitrogen and oxygen atoms in total. The molecule has 0 radical (unpaired) electrons. The molecule has 0 aliphatic heterocycles. The van der Waals surface area contributed by atoms with E-state index < -0.39 is 0 Å². The molecule has 2 aromatic carbocycles. The van der Waals surface area contributed by atoms with Crippen molar-refractivity contribution in [3.8, 4) is 0 Å². The molecule has 0 aromatic heterocycles. The van der Waals surface area contributed by atoms with Gasteiger partial charge >= 0.3 is 5.97 Å². The van der Waals surface area contributed by atoms with Gasteiger partial charge in [0.05, 0.1) is 12.7 Å². The molecule has 0 unspecified atom stereocenters. The lowest BCUT2D eigenvalue weighted by molar-refractivity contribution is -0.125. The summed E-state index contributed by atoms with van der Waals surface area (Å²) in [6.07, 6.45) is 3.26. The van der Waals surface area contributed by atoms with E-state index >= 15 is 0 Å². The molecular weight excluding hydrogens is 328 g/mol. The van der Waals surface area contributed by atoms with Gasteiger partial charge < -0.3 is 14.5 Å². The Morgan fingerprint density at radius 3 is 2.12 bits per heavy atom. The lowest BCUT2D eigenvalue weighted by atomic mass is 10.1. The number of methoxy groups -OCH3 is 1. The third-order valence-electron chi connectivity index (χ3n) is 4.00. The van der Waals surface area contributed by atoms with E-state index in [4.69, 9.17) is 0 Å². The molecule has 0 aliphatic rings. The van der Waals surface area contributed by atoms with Crippen molar-refractivity contribution in [2.75, 3.05) is 33.2 Å². The Kier molecular flexibility index (Phi) is 6.55. The molecule has 0 saturated carbocycles. The van der Waals surface area contributed by atoms with Crippen LogP contribution in [0.25, 0.3) is 6.08 Å². The first kappa shape index (κ1) is 19.2. The number of anilines is 1. The van der Waals surface area contributed by atoms with Gasteiger partial charge in [-0.3, -0.25) is 4.79 Å². The summed E-state index contributed by atoms with van der Waals surface area (Å²) < 4.78 is 4.66. The lowest BCUT2D eigenvalue weighted by Gasteiger charge is -2.17. The minimum atomic E-state index is -0.378. The lowest BCUT2D eigenvalue weighted by Crippen LogP contribution is -2.24. The topological polar surface area (TPSA) is 49.9 Å². The second-order valence-electron chi connectivity index (χ2n) is 6.20. The summed E-state index contributed by atoms with van der Waals surface area (Å²) in [4.78, 5) is 27.4. The molecule has 0 N–H and O–H groups in total. The van der Waals surface area contributed by atoms with Gasteiger partial charge in [-0.05, 0) is 41.5 Å². The Hall–Kier alpha value is -3.08. The molecule has 2 rings (SSSR count). The van der Waals surface area contributed by atoms with Crippen LogP contribution < -0.4 is 4.90 Å². The van der Waals surface area contributed by atoms with Crippen LogP contribution in [0.5, 0.6) is 0 Å². The number of hydrogen-bond acceptors (Lipinski definition) is 4. The number of hydrogen-bond donors (Lipinski definition) is 0. The van der Waals surface area contributed by atoms with E-state index in [2.05, 4.69) is 4.74 Å². The number of carbonyl (C=O) groups is 2. The van der Waals surface area contributed by atoms with Crippen molar-refractivity contribution in [2.45, 2.75) is 6.54 Å². The Labute approximate surface area is 154 Å². The van der Waals surface area contributed by atoms with Gasteiger partial charge in [-0.25, -0.2) is 4.79 Å². The van der Waals surface area contributed by atoms with Crippen LogP contribution in [0.4, 0.5) is 5.69 Å². The van der Waals surface area contributed by atoms with Gasteiger partial charge in [0.25, 0.3) is 0 Å². The molecule has 0 spiro atoms. The number of carbonyl (C=O) groups excluding carboxylic acids is 2. The molecule has 26 heavy (non-hydrogen) atoms. The monoisotopic (exact) mass is 352 g/mol. The largest absolute Gasteiger partial charge is 0.465 e. The van der Waals surface area contributed by atoms with Gasteiger partial charge in [0, 0.05) is 39.5 Å². The number of amides is 1. The molecule has 0 atom stereocenters. The third-order valence-corrected chi connectivity index (χ3v) is 4.00. The van der Waals surface area contributed by atoms with Crippen LogP contribution in [0.2, 0.25) is 0 Å². The first-order chi connectivity index (χ1) is 12.4. The number of esters is 1. The van der Waals surface area contributed by atoms with Gasteiger partial charge in [0.1, 0.15) is 0 Å². The first-order valence-corrected chi connectivity index (χ1v) is 8.28. The summed E-state index contributed by atoms with van der Waals surface area (Å²) in [6, 6.07) is 15.0. The quantitative estimate of drug-likeness (QED) is 0.592. The highest BCUT2D eigenvalue weighted by Gasteiger charge is 2.07. The highest BCUT2D eigenvalue weighted by atomic mass is 16.5. The van der Waals surface area contributed by atoms with Crippen LogP contribution in [0, 0.1) is 0 Å². The summed E-state index contributed by atoms with van der Waals surface area (Å²) in [7, 11) is 7.10. The average Bonchev–Trinajstić information content (AvgIpc) is 2.66. The number of ether oxygens (including phenoxy) is 1. The standard InChI is InChI=1S/C21H24N2O3/c1-22(2)19-12-7-17(8-13-19)15-23(3)20(24)14-9-16-5-10-18(11-6-16)21(25)26-4/h5-14H,15H2,1-4H3/b14-9+. The molecule has 0 fully saturated rings. The third kappa shape index (κ3) is 5.21. The van der Waals surface area contributed by atoms with Crippen molar-refractivity contribution >= 4 is 23.6 Å². The van der Waals surface area contributed by atoms with Gasteiger partial charge in [-0.1, -0.05) is 24.3 Å². The normalized spacial score (nSPS) is 10.6. The van der Waals surface area contributed by atoms with Crippen molar-refractivity contribution in [1.29, 1.82) is 0 Å². The maximum atomic E-state index is 12.3. The maximum Gasteiger partial charge on any atom is 0.337 e. The van der Waals surface area contributed by atoms with E-state index in [-0.39, 0.29) is 11.9 Å². The zero-order valence-electron chi connectivity index (χ0n) is 15.6. The molecule has 2 aromatic rings. The minimum Gasteiger partial charge on any atom is -0.465 e. The number of benzene rings is 2. The number of likely N-dealkylation sites (N-methyl/N-ethyl adjacent to an activating group) is 1. The molecular formula is C21H24N2O3. The van der Waals surface area contributed by atoms with Crippen molar-refractivity contribution < 1.29 is 14.3 Å². The fourth-order valence-electron chi connectivity index (χ4n) is 2.39. The van der Waals surface area contributed by atoms with Gasteiger partial charge in [0.2, 0.25) is 5.91 Å². The van der Waals surface area contributed by atoms with Crippen molar-refractivity contribution in [3.05, 3.63) is 71.3 Å². The molecule has 0 saturated heterocycles. The van der Waals surface area contributed by atoms with E-state index in [0.29, 0.717) is 12.1 Å². The maximum absolute atomic E-state index is 12.3. The molecule has 136 valence electrons. The Morgan fingerprint density at radius 1 is 0.962 bits per heavy atom. The van der Waals surface area contributed by atoms with Gasteiger partial charge in [-0.15, -0.1) is 0 Å². The van der Waals surface area contributed by atoms with Gasteiger partial charge in [0.15, 0.2) is 0 Å². The molecule has 1 amide bonds. The van der Waals surface area contributed by atoms with Crippen LogP contribution in [0.15, 0.2) is 54.6 Å². The zero-order chi connectivity index (χ0) is 19.1. The highest BCUT2D eigenvalue weighted by molar-refractivity contribution is 5.92. The SMILES string of the molecule is COC(=O)c1ccc(/C=C/C(=O)N(C)Cc2ccc(N(C)C)cc2)cc1. The van der Waals surface area contributed by atoms with Crippen molar-refractivity contribution in [2.24, 2.45) is 0 Å². The highest BCUT2D eigenvalue weighted by Crippen LogP contribution is 2.14. The Morgan fingerprint density at radius 2 is 1.58 bits per heavy atom. The fraction of sp³-hybridized carbons (Fsp3) is 0.238. The van der Waals surface area contributed by atoms with E-state index in [1.165, 1.54) is 13.2 Å². The number of nitrogens with zero attached hydrogens (tertiary/aromatic N) is 2. The minimum absolute atomic E-state index is 0.0845. The van der Waals surface area contributed by atoms with Crippen LogP contribution in [0.1, 0.15) is 21.5 Å². The summed E-state index contributed by atoms with van der Waals surface area (Å²) in [5.41, 5.74) is 3.52. The van der Waals surface area contributed by atoms with E-state index in [9.17, 15) is 9.59 Å². The summed E-state index contributed by atoms with van der Waals surface area (Å²) in [6.45, 7) is 0.540. The van der Waals surface area contributed by atoms with Crippen LogP contribution in [0.3, 0.4) is 0 Å². The molecule has 0 aliphatic carbocycles. The van der Waals surface area contributed by atoms with Crippen LogP contribution in [-0.2, 0) is 16.1 Å². The van der Waals surface area contributed by atoms with Crippen molar-refractivity contribution in [3.63, 3.8) is 0 Å². The number of rotatable bonds is 6. The second kappa shape index (κ2) is 8.85. The predicted octanol–water partition coefficient (Wildman–Crippen LogP) is 3.21. The molecule has 0 heterocycles. The smallest absolute Gasteiger partial charge is 0.337 e. The first-order valence-electron chi connectivity index (χ1n) is 8.28. The zero-order valence-corrected chi connectivity index (χ0v) is 15.6. The molecule has 5 heteroatoms. The van der Waals surface area contributed by atoms with E-state index in [1.807, 2.05) is 43.3 Å². The van der Waals surface area contributed by atoms with Crippen LogP contribution in [-0.4, -0.2) is 45.0 Å². The van der Waals surface area contributed by atoms with Crippen molar-refractivity contribution in [1.82, 2.24) is 4.90 Å². The summed E-state index contributed by atoms with van der Waals surface area (Å²) in [5, 5.41) is 0. The Bertz CT molecular complexity index is 778.